The van der Waals surface area contributed by atoms with Crippen LogP contribution in [0, 0.1) is 5.92 Å². The van der Waals surface area contributed by atoms with Crippen molar-refractivity contribution in [3.05, 3.63) is 29.8 Å². The second-order valence-electron chi connectivity index (χ2n) is 4.00. The number of carbonyl (C=O) groups is 1. The molecule has 1 aliphatic rings. The number of benzene rings is 1. The predicted molar refractivity (Wildman–Crippen MR) is 59.1 cm³/mol. The van der Waals surface area contributed by atoms with E-state index >= 15 is 0 Å². The second-order valence-corrected chi connectivity index (χ2v) is 4.00. The Bertz CT molecular complexity index is 325. The Hall–Kier alpha value is -1.31. The number of hydrogen-bond acceptors (Lipinski definition) is 2. The van der Waals surface area contributed by atoms with Crippen LogP contribution in [0.3, 0.4) is 0 Å². The van der Waals surface area contributed by atoms with Gasteiger partial charge in [-0.15, -0.1) is 0 Å². The molecule has 0 N–H and O–H groups in total. The quantitative estimate of drug-likeness (QED) is 0.689. The summed E-state index contributed by atoms with van der Waals surface area (Å²) in [5, 5.41) is 0. The van der Waals surface area contributed by atoms with Gasteiger partial charge in [-0.05, 0) is 43.4 Å². The van der Waals surface area contributed by atoms with Crippen LogP contribution in [0.15, 0.2) is 24.3 Å². The molecule has 0 aliphatic heterocycles. The first kappa shape index (κ1) is 10.2. The molecule has 1 fully saturated rings. The lowest BCUT2D eigenvalue weighted by Gasteiger charge is -2.10. The van der Waals surface area contributed by atoms with Gasteiger partial charge in [0, 0.05) is 5.92 Å². The molecule has 80 valence electrons. The monoisotopic (exact) mass is 204 g/mol. The fourth-order valence-electron chi connectivity index (χ4n) is 1.87. The van der Waals surface area contributed by atoms with Gasteiger partial charge in [0.05, 0.1) is 6.61 Å². The molecule has 0 saturated heterocycles. The van der Waals surface area contributed by atoms with Crippen molar-refractivity contribution in [1.82, 2.24) is 0 Å². The van der Waals surface area contributed by atoms with Crippen LogP contribution in [0.2, 0.25) is 0 Å². The van der Waals surface area contributed by atoms with Crippen LogP contribution < -0.4 is 4.74 Å². The van der Waals surface area contributed by atoms with Gasteiger partial charge in [-0.25, -0.2) is 0 Å². The van der Waals surface area contributed by atoms with Crippen molar-refractivity contribution in [3.63, 3.8) is 0 Å². The van der Waals surface area contributed by atoms with Crippen molar-refractivity contribution in [3.8, 4) is 5.75 Å². The van der Waals surface area contributed by atoms with Gasteiger partial charge in [0.2, 0.25) is 0 Å². The highest BCUT2D eigenvalue weighted by Crippen LogP contribution is 2.41. The van der Waals surface area contributed by atoms with Gasteiger partial charge < -0.3 is 9.53 Å². The van der Waals surface area contributed by atoms with Crippen LogP contribution in [0.1, 0.15) is 31.2 Å². The summed E-state index contributed by atoms with van der Waals surface area (Å²) in [5.41, 5.74) is 1.12. The molecule has 2 heteroatoms. The van der Waals surface area contributed by atoms with Gasteiger partial charge in [-0.2, -0.15) is 0 Å². The van der Waals surface area contributed by atoms with Gasteiger partial charge >= 0.3 is 0 Å². The molecule has 2 rings (SSSR count). The van der Waals surface area contributed by atoms with E-state index in [2.05, 4.69) is 0 Å². The summed E-state index contributed by atoms with van der Waals surface area (Å²) in [4.78, 5) is 11.0. The van der Waals surface area contributed by atoms with E-state index in [9.17, 15) is 4.79 Å². The fraction of sp³-hybridized carbons (Fsp3) is 0.462. The SMILES string of the molecule is CCOc1ccc(C(C=O)C2CC2)cc1. The first-order valence-corrected chi connectivity index (χ1v) is 5.53. The molecule has 1 aliphatic carbocycles. The van der Waals surface area contributed by atoms with Gasteiger partial charge in [0.15, 0.2) is 0 Å². The molecule has 0 radical (unpaired) electrons. The zero-order valence-electron chi connectivity index (χ0n) is 8.98. The maximum atomic E-state index is 11.0. The molecule has 0 aromatic heterocycles. The summed E-state index contributed by atoms with van der Waals surface area (Å²) in [6.45, 7) is 2.64. The Morgan fingerprint density at radius 3 is 2.53 bits per heavy atom. The van der Waals surface area contributed by atoms with Crippen molar-refractivity contribution >= 4 is 6.29 Å². The van der Waals surface area contributed by atoms with Crippen LogP contribution >= 0.6 is 0 Å². The van der Waals surface area contributed by atoms with E-state index < -0.39 is 0 Å². The molecule has 0 amide bonds. The summed E-state index contributed by atoms with van der Waals surface area (Å²) in [7, 11) is 0. The molecule has 0 bridgehead atoms. The number of rotatable bonds is 5. The van der Waals surface area contributed by atoms with E-state index in [1.54, 1.807) is 0 Å². The molecule has 0 heterocycles. The zero-order valence-corrected chi connectivity index (χ0v) is 8.98. The average molecular weight is 204 g/mol. The fourth-order valence-corrected chi connectivity index (χ4v) is 1.87. The number of carbonyl (C=O) groups excluding carboxylic acids is 1. The third-order valence-corrected chi connectivity index (χ3v) is 2.85. The smallest absolute Gasteiger partial charge is 0.127 e. The number of hydrogen-bond donors (Lipinski definition) is 0. The lowest BCUT2D eigenvalue weighted by atomic mass is 9.96. The van der Waals surface area contributed by atoms with Gasteiger partial charge in [0.1, 0.15) is 12.0 Å². The van der Waals surface area contributed by atoms with Gasteiger partial charge in [0.25, 0.3) is 0 Å². The van der Waals surface area contributed by atoms with Crippen LogP contribution in [0.25, 0.3) is 0 Å². The maximum absolute atomic E-state index is 11.0. The van der Waals surface area contributed by atoms with Crippen molar-refractivity contribution in [2.75, 3.05) is 6.61 Å². The van der Waals surface area contributed by atoms with Gasteiger partial charge in [-0.1, -0.05) is 12.1 Å². The Morgan fingerprint density at radius 2 is 2.07 bits per heavy atom. The molecule has 1 aromatic carbocycles. The van der Waals surface area contributed by atoms with E-state index in [1.165, 1.54) is 12.8 Å². The molecular formula is C13H16O2. The second kappa shape index (κ2) is 4.47. The first-order chi connectivity index (χ1) is 7.35. The predicted octanol–water partition coefficient (Wildman–Crippen LogP) is 2.78. The van der Waals surface area contributed by atoms with Crippen molar-refractivity contribution in [2.24, 2.45) is 5.92 Å². The maximum Gasteiger partial charge on any atom is 0.127 e. The van der Waals surface area contributed by atoms with E-state index in [-0.39, 0.29) is 5.92 Å². The highest BCUT2D eigenvalue weighted by molar-refractivity contribution is 5.63. The Labute approximate surface area is 90.3 Å². The lowest BCUT2D eigenvalue weighted by molar-refractivity contribution is -0.109. The van der Waals surface area contributed by atoms with E-state index in [0.717, 1.165) is 17.6 Å². The molecule has 2 nitrogen and oxygen atoms in total. The zero-order chi connectivity index (χ0) is 10.7. The molecule has 1 saturated carbocycles. The Kier molecular flexibility index (Phi) is 3.05. The molecular weight excluding hydrogens is 188 g/mol. The molecule has 1 aromatic rings. The lowest BCUT2D eigenvalue weighted by Crippen LogP contribution is -2.02. The number of ether oxygens (including phenoxy) is 1. The van der Waals surface area contributed by atoms with Crippen molar-refractivity contribution in [2.45, 2.75) is 25.7 Å². The van der Waals surface area contributed by atoms with Gasteiger partial charge in [-0.3, -0.25) is 0 Å². The minimum atomic E-state index is 0.0978. The van der Waals surface area contributed by atoms with E-state index in [4.69, 9.17) is 4.74 Å². The molecule has 0 spiro atoms. The molecule has 1 atom stereocenters. The minimum absolute atomic E-state index is 0.0978. The average Bonchev–Trinajstić information content (AvgIpc) is 3.06. The first-order valence-electron chi connectivity index (χ1n) is 5.53. The summed E-state index contributed by atoms with van der Waals surface area (Å²) in [6, 6.07) is 7.89. The molecule has 15 heavy (non-hydrogen) atoms. The summed E-state index contributed by atoms with van der Waals surface area (Å²) in [6.07, 6.45) is 3.46. The van der Waals surface area contributed by atoms with Crippen LogP contribution in [0.5, 0.6) is 5.75 Å². The van der Waals surface area contributed by atoms with E-state index in [0.29, 0.717) is 12.5 Å². The van der Waals surface area contributed by atoms with Crippen molar-refractivity contribution in [1.29, 1.82) is 0 Å². The normalized spacial score (nSPS) is 17.1. The topological polar surface area (TPSA) is 26.3 Å². The Morgan fingerprint density at radius 1 is 1.40 bits per heavy atom. The van der Waals surface area contributed by atoms with Crippen LogP contribution in [-0.2, 0) is 4.79 Å². The third kappa shape index (κ3) is 2.38. The van der Waals surface area contributed by atoms with E-state index in [1.807, 2.05) is 31.2 Å². The largest absolute Gasteiger partial charge is 0.494 e. The summed E-state index contributed by atoms with van der Waals surface area (Å²) >= 11 is 0. The minimum Gasteiger partial charge on any atom is -0.494 e. The highest BCUT2D eigenvalue weighted by Gasteiger charge is 2.31. The Balaban J connectivity index is 2.10. The summed E-state index contributed by atoms with van der Waals surface area (Å²) in [5.74, 6) is 1.56. The van der Waals surface area contributed by atoms with Crippen LogP contribution in [0.4, 0.5) is 0 Å². The highest BCUT2D eigenvalue weighted by atomic mass is 16.5. The summed E-state index contributed by atoms with van der Waals surface area (Å²) < 4.78 is 5.36. The standard InChI is InChI=1S/C13H16O2/c1-2-15-12-7-5-11(6-8-12)13(9-14)10-3-4-10/h5-10,13H,2-4H2,1H3. The third-order valence-electron chi connectivity index (χ3n) is 2.85. The van der Waals surface area contributed by atoms with Crippen LogP contribution in [-0.4, -0.2) is 12.9 Å². The number of aldehydes is 1. The van der Waals surface area contributed by atoms with Crippen molar-refractivity contribution < 1.29 is 9.53 Å². The molecule has 1 unspecified atom stereocenters.